The van der Waals surface area contributed by atoms with Gasteiger partial charge in [0.1, 0.15) is 0 Å². The zero-order valence-electron chi connectivity index (χ0n) is 49.3. The Morgan fingerprint density at radius 3 is 0.507 bits per heavy atom. The fourth-order valence-corrected chi connectivity index (χ4v) is 9.05. The summed E-state index contributed by atoms with van der Waals surface area (Å²) in [5.74, 6) is 4.72. The number of carboxylic acid groups (broad SMARTS) is 1. The molecule has 6 fully saturated rings. The monoisotopic (exact) mass is 1060 g/mol. The number of hydrogen-bond donors (Lipinski definition) is 3. The second-order valence-electron chi connectivity index (χ2n) is 19.7. The van der Waals surface area contributed by atoms with Crippen LogP contribution in [0.1, 0.15) is 201 Å². The first-order valence-corrected chi connectivity index (χ1v) is 25.0. The molecule has 6 rings (SSSR count). The molecule has 0 saturated carbocycles. The van der Waals surface area contributed by atoms with Crippen LogP contribution in [0.2, 0.25) is 0 Å². The maximum Gasteiger partial charge on any atom is 1.00 e. The van der Waals surface area contributed by atoms with Crippen LogP contribution in [0.15, 0.2) is 0 Å². The molecule has 0 unspecified atom stereocenters. The number of carboxylic acids is 1. The third-order valence-electron chi connectivity index (χ3n) is 12.6. The van der Waals surface area contributed by atoms with E-state index in [1.807, 2.05) is 13.8 Å². The number of carbonyl (C=O) groups is 1. The molecule has 0 spiro atoms. The summed E-state index contributed by atoms with van der Waals surface area (Å²) < 4.78 is 0. The normalized spacial score (nSPS) is 27.7. The van der Waals surface area contributed by atoms with E-state index in [4.69, 9.17) is 37.4 Å². The van der Waals surface area contributed by atoms with Crippen LogP contribution in [-0.2, 0) is 4.79 Å². The third-order valence-corrected chi connectivity index (χ3v) is 12.6. The van der Waals surface area contributed by atoms with Gasteiger partial charge in [-0.2, -0.15) is 10.5 Å². The Morgan fingerprint density at radius 1 is 0.425 bits per heavy atom. The molecule has 444 valence electrons. The molecular formula is C59H139N10NaO3. The summed E-state index contributed by atoms with van der Waals surface area (Å²) in [7, 11) is 15.7. The number of nitrogens with zero attached hydrogens (tertiary/aromatic N) is 9. The average molecular weight is 1060 g/mol. The predicted molar refractivity (Wildman–Crippen MR) is 326 cm³/mol. The summed E-state index contributed by atoms with van der Waals surface area (Å²) in [5, 5.41) is 35.3. The Morgan fingerprint density at radius 2 is 0.493 bits per heavy atom. The van der Waals surface area contributed by atoms with Gasteiger partial charge in [0.05, 0.1) is 12.1 Å². The molecule has 0 aromatic carbocycles. The Balaban J connectivity index is -0.0000000440. The summed E-state index contributed by atoms with van der Waals surface area (Å²) in [6.45, 7) is 48.1. The van der Waals surface area contributed by atoms with Crippen molar-refractivity contribution in [2.24, 2.45) is 41.2 Å². The van der Waals surface area contributed by atoms with Crippen molar-refractivity contribution in [3.63, 3.8) is 0 Å². The number of aliphatic hydroxyl groups is 1. The molecule has 6 aliphatic rings. The quantitative estimate of drug-likeness (QED) is 0.155. The predicted octanol–water partition coefficient (Wildman–Crippen LogP) is 10.4. The number of nitriles is 2. The first-order valence-electron chi connectivity index (χ1n) is 25.0. The van der Waals surface area contributed by atoms with Gasteiger partial charge in [-0.1, -0.05) is 99.9 Å². The number of likely N-dealkylation sites (tertiary alicyclic amines) is 6. The molecule has 0 aromatic rings. The Bertz CT molecular complexity index is 913. The van der Waals surface area contributed by atoms with Crippen molar-refractivity contribution >= 4 is 5.97 Å². The maximum atomic E-state index is 9.00. The van der Waals surface area contributed by atoms with Gasteiger partial charge in [-0.25, -0.2) is 0 Å². The van der Waals surface area contributed by atoms with Crippen molar-refractivity contribution in [1.82, 2.24) is 29.4 Å². The molecule has 6 saturated heterocycles. The first-order chi connectivity index (χ1) is 30.8. The zero-order valence-corrected chi connectivity index (χ0v) is 51.3. The molecule has 0 amide bonds. The molecule has 13 nitrogen and oxygen atoms in total. The van der Waals surface area contributed by atoms with Gasteiger partial charge < -0.3 is 57.2 Å². The summed E-state index contributed by atoms with van der Waals surface area (Å²) in [6, 6.07) is 8.44. The number of aliphatic hydroxyl groups excluding tert-OH is 1. The second-order valence-corrected chi connectivity index (χ2v) is 19.7. The van der Waals surface area contributed by atoms with E-state index in [9.17, 15) is 0 Å². The number of nitrogens with two attached hydrogens (primary N) is 1. The van der Waals surface area contributed by atoms with E-state index in [1.165, 1.54) is 98.7 Å². The van der Waals surface area contributed by atoms with E-state index in [0.717, 1.165) is 85.8 Å². The van der Waals surface area contributed by atoms with Crippen molar-refractivity contribution < 1.29 is 44.6 Å². The summed E-state index contributed by atoms with van der Waals surface area (Å²) in [4.78, 5) is 23.5. The van der Waals surface area contributed by atoms with Gasteiger partial charge in [-0.05, 0) is 165 Å². The maximum absolute atomic E-state index is 9.00. The molecule has 0 aromatic heterocycles. The second kappa shape index (κ2) is 70.6. The molecule has 6 heterocycles. The SMILES string of the molecule is C.C.C.C.C.C.CC.CC#N.CC#N.CC(=O)O.CN.CO.C[C@@H]1C[C@@H](C)N(C)C1.C[C@@H]1C[C@@H](C)N(C)C1.C[C@@H]1C[C@@H](C)N(C)C1.C[C@@H]1C[C@@H](C)N(C)C1.C[C@@H]1C[C@@H](C)N(C)C1.C[C@@H]1C[C@@H](C)N(C)C1.[C-]#N.[Na+]. The number of rotatable bonds is 0. The fraction of sp³-hybridized carbons (Fsp3) is 0.932. The van der Waals surface area contributed by atoms with Gasteiger partial charge in [0.25, 0.3) is 5.97 Å². The van der Waals surface area contributed by atoms with Crippen LogP contribution in [0.4, 0.5) is 0 Å². The van der Waals surface area contributed by atoms with Crippen LogP contribution in [0, 0.1) is 70.0 Å². The zero-order chi connectivity index (χ0) is 53.9. The van der Waals surface area contributed by atoms with E-state index in [2.05, 4.69) is 161 Å². The third kappa shape index (κ3) is 66.7. The first kappa shape index (κ1) is 108. The van der Waals surface area contributed by atoms with Crippen LogP contribution in [0.3, 0.4) is 0 Å². The van der Waals surface area contributed by atoms with Crippen LogP contribution in [0.5, 0.6) is 0 Å². The summed E-state index contributed by atoms with van der Waals surface area (Å²) in [6.07, 6.45) is 8.31. The van der Waals surface area contributed by atoms with E-state index >= 15 is 0 Å². The van der Waals surface area contributed by atoms with Crippen LogP contribution in [0.25, 0.3) is 0 Å². The average Bonchev–Trinajstić information content (AvgIpc) is 4.04. The van der Waals surface area contributed by atoms with E-state index in [-0.39, 0.29) is 74.1 Å². The number of hydrogen-bond acceptors (Lipinski definition) is 12. The van der Waals surface area contributed by atoms with Gasteiger partial charge >= 0.3 is 29.6 Å². The minimum Gasteiger partial charge on any atom is -0.512 e. The van der Waals surface area contributed by atoms with Gasteiger partial charge in [0.15, 0.2) is 0 Å². The van der Waals surface area contributed by atoms with Crippen LogP contribution in [-0.4, -0.2) is 178 Å². The molecule has 6 aliphatic heterocycles. The Kier molecular flexibility index (Phi) is 104. The van der Waals surface area contributed by atoms with Gasteiger partial charge in [0.2, 0.25) is 0 Å². The standard InChI is InChI=1S/6C7H15N.2C2H3N.C2H4O2.C2H6.CH5N.CN.CH4O.6CH4.Na/c6*1-6-4-7(2)8(3)5-6;2*1-2-3;1-2(3)4;4*1-2;;;;;;;/h6*6-7H,4-5H2,1-3H3;2*1H3;1H3,(H,3,4);1-2H3;2H2,1H3;;2H,1H3;6*1H4;/q;;;;;;;;;;;-1;;;;;;;;+1/t6*6-,7-;;;;;;;;;;;;;;/m111111............../s1. The minimum atomic E-state index is -0.833. The fourth-order valence-electron chi connectivity index (χ4n) is 9.05. The molecule has 4 N–H and O–H groups in total. The summed E-state index contributed by atoms with van der Waals surface area (Å²) >= 11 is 0. The minimum absolute atomic E-state index is 0. The van der Waals surface area contributed by atoms with Crippen molar-refractivity contribution in [2.75, 3.05) is 95.7 Å². The van der Waals surface area contributed by atoms with Crippen molar-refractivity contribution in [2.45, 2.75) is 237 Å². The largest absolute Gasteiger partial charge is 1.00 e. The molecule has 0 radical (unpaired) electrons. The van der Waals surface area contributed by atoms with Crippen LogP contribution < -0.4 is 35.3 Å². The Hall–Kier alpha value is -1.38. The van der Waals surface area contributed by atoms with Gasteiger partial charge in [-0.3, -0.25) is 4.79 Å². The molecule has 73 heavy (non-hydrogen) atoms. The van der Waals surface area contributed by atoms with Crippen LogP contribution >= 0.6 is 0 Å². The molecule has 12 atom stereocenters. The van der Waals surface area contributed by atoms with Crippen molar-refractivity contribution in [1.29, 1.82) is 15.8 Å². The molecular weight excluding hydrogens is 920 g/mol. The topological polar surface area (TPSA) is 174 Å². The van der Waals surface area contributed by atoms with Gasteiger partial charge in [0, 0.05) is 103 Å². The van der Waals surface area contributed by atoms with E-state index in [0.29, 0.717) is 0 Å². The molecule has 0 bridgehead atoms. The van der Waals surface area contributed by atoms with E-state index in [1.54, 1.807) is 12.1 Å². The smallest absolute Gasteiger partial charge is 0.512 e. The summed E-state index contributed by atoms with van der Waals surface area (Å²) in [5.41, 5.74) is 4.50. The van der Waals surface area contributed by atoms with Crippen molar-refractivity contribution in [3.8, 4) is 12.1 Å². The Labute approximate surface area is 485 Å². The van der Waals surface area contributed by atoms with E-state index < -0.39 is 5.97 Å². The van der Waals surface area contributed by atoms with Crippen molar-refractivity contribution in [3.05, 3.63) is 6.57 Å². The van der Waals surface area contributed by atoms with Gasteiger partial charge in [-0.15, -0.1) is 0 Å². The molecule has 14 heteroatoms. The molecule has 0 aliphatic carbocycles. The number of aliphatic carboxylic acids is 1.